The molecule has 0 amide bonds. The van der Waals surface area contributed by atoms with Gasteiger partial charge in [-0.1, -0.05) is 30.3 Å². The molecule has 0 saturated heterocycles. The molecule has 5 heteroatoms. The zero-order valence-electron chi connectivity index (χ0n) is 13.5. The van der Waals surface area contributed by atoms with Gasteiger partial charge in [-0.3, -0.25) is 0 Å². The van der Waals surface area contributed by atoms with Crippen molar-refractivity contribution in [2.24, 2.45) is 0 Å². The molecule has 0 N–H and O–H groups in total. The topological polar surface area (TPSA) is 68.5 Å². The number of hydrogen-bond acceptors (Lipinski definition) is 5. The third-order valence-corrected chi connectivity index (χ3v) is 3.29. The van der Waals surface area contributed by atoms with E-state index in [1.807, 2.05) is 36.4 Å². The van der Waals surface area contributed by atoms with Crippen LogP contribution in [0.15, 0.2) is 54.1 Å². The summed E-state index contributed by atoms with van der Waals surface area (Å²) >= 11 is 0. The molecule has 0 spiro atoms. The number of hydrogen-bond donors (Lipinski definition) is 0. The summed E-state index contributed by atoms with van der Waals surface area (Å²) in [6, 6.07) is 16.2. The minimum atomic E-state index is -0.681. The quantitative estimate of drug-likeness (QED) is 0.463. The van der Waals surface area contributed by atoms with E-state index in [-0.39, 0.29) is 12.2 Å². The van der Waals surface area contributed by atoms with Gasteiger partial charge in [0.15, 0.2) is 0 Å². The summed E-state index contributed by atoms with van der Waals surface area (Å²) in [5.41, 5.74) is 1.34. The normalized spacial score (nSPS) is 10.6. The van der Waals surface area contributed by atoms with Crippen molar-refractivity contribution in [3.05, 3.63) is 65.2 Å². The fourth-order valence-corrected chi connectivity index (χ4v) is 2.03. The van der Waals surface area contributed by atoms with Gasteiger partial charge >= 0.3 is 5.97 Å². The molecule has 0 heterocycles. The second-order valence-corrected chi connectivity index (χ2v) is 4.84. The molecule has 2 rings (SSSR count). The minimum absolute atomic E-state index is 0.102. The lowest BCUT2D eigenvalue weighted by molar-refractivity contribution is -0.139. The first-order chi connectivity index (χ1) is 11.7. The van der Waals surface area contributed by atoms with Crippen LogP contribution in [0, 0.1) is 11.3 Å². The molecule has 0 bridgehead atoms. The Labute approximate surface area is 140 Å². The Morgan fingerprint density at radius 2 is 1.88 bits per heavy atom. The van der Waals surface area contributed by atoms with E-state index in [4.69, 9.17) is 14.2 Å². The van der Waals surface area contributed by atoms with E-state index < -0.39 is 5.97 Å². The van der Waals surface area contributed by atoms with E-state index in [0.29, 0.717) is 17.1 Å². The SMILES string of the molecule is COc1ccc(C=C(C#N)C(=O)OCc2ccccc2)c(OC)c1. The Kier molecular flexibility index (Phi) is 5.98. The monoisotopic (exact) mass is 323 g/mol. The van der Waals surface area contributed by atoms with Crippen LogP contribution in [0.1, 0.15) is 11.1 Å². The number of benzene rings is 2. The molecular weight excluding hydrogens is 306 g/mol. The van der Waals surface area contributed by atoms with Crippen LogP contribution in [-0.4, -0.2) is 20.2 Å². The largest absolute Gasteiger partial charge is 0.497 e. The average Bonchev–Trinajstić information content (AvgIpc) is 2.64. The molecule has 5 nitrogen and oxygen atoms in total. The number of carbonyl (C=O) groups excluding carboxylic acids is 1. The summed E-state index contributed by atoms with van der Waals surface area (Å²) in [6.07, 6.45) is 1.44. The maximum absolute atomic E-state index is 12.1. The van der Waals surface area contributed by atoms with E-state index in [0.717, 1.165) is 5.56 Å². The van der Waals surface area contributed by atoms with Gasteiger partial charge < -0.3 is 14.2 Å². The number of esters is 1. The van der Waals surface area contributed by atoms with Gasteiger partial charge in [-0.2, -0.15) is 5.26 Å². The summed E-state index contributed by atoms with van der Waals surface area (Å²) in [4.78, 5) is 12.1. The molecule has 0 unspecified atom stereocenters. The van der Waals surface area contributed by atoms with Crippen molar-refractivity contribution in [3.63, 3.8) is 0 Å². The molecule has 122 valence electrons. The molecule has 24 heavy (non-hydrogen) atoms. The van der Waals surface area contributed by atoms with Gasteiger partial charge in [-0.05, 0) is 23.8 Å². The van der Waals surface area contributed by atoms with Crippen molar-refractivity contribution in [2.45, 2.75) is 6.61 Å². The second-order valence-electron chi connectivity index (χ2n) is 4.84. The van der Waals surface area contributed by atoms with Gasteiger partial charge in [0, 0.05) is 11.6 Å². The van der Waals surface area contributed by atoms with Crippen molar-refractivity contribution in [1.29, 1.82) is 5.26 Å². The number of ether oxygens (including phenoxy) is 3. The molecule has 2 aromatic rings. The average molecular weight is 323 g/mol. The van der Waals surface area contributed by atoms with Crippen LogP contribution in [0.3, 0.4) is 0 Å². The first-order valence-corrected chi connectivity index (χ1v) is 7.22. The van der Waals surface area contributed by atoms with Crippen LogP contribution in [0.25, 0.3) is 6.08 Å². The summed E-state index contributed by atoms with van der Waals surface area (Å²) in [7, 11) is 3.05. The van der Waals surface area contributed by atoms with Crippen LogP contribution in [0.2, 0.25) is 0 Å². The number of rotatable bonds is 6. The van der Waals surface area contributed by atoms with Crippen LogP contribution in [0.4, 0.5) is 0 Å². The van der Waals surface area contributed by atoms with Gasteiger partial charge in [0.25, 0.3) is 0 Å². The fourth-order valence-electron chi connectivity index (χ4n) is 2.03. The number of nitriles is 1. The van der Waals surface area contributed by atoms with Gasteiger partial charge in [-0.15, -0.1) is 0 Å². The third kappa shape index (κ3) is 4.37. The maximum Gasteiger partial charge on any atom is 0.349 e. The number of carbonyl (C=O) groups is 1. The number of nitrogens with zero attached hydrogens (tertiary/aromatic N) is 1. The minimum Gasteiger partial charge on any atom is -0.497 e. The summed E-state index contributed by atoms with van der Waals surface area (Å²) in [6.45, 7) is 0.110. The standard InChI is InChI=1S/C19H17NO4/c1-22-17-9-8-15(18(11-17)23-2)10-16(12-20)19(21)24-13-14-6-4-3-5-7-14/h3-11H,13H2,1-2H3. The molecule has 0 saturated carbocycles. The Morgan fingerprint density at radius 1 is 1.12 bits per heavy atom. The predicted molar refractivity (Wildman–Crippen MR) is 89.4 cm³/mol. The zero-order valence-corrected chi connectivity index (χ0v) is 13.5. The predicted octanol–water partition coefficient (Wildman–Crippen LogP) is 3.35. The van der Waals surface area contributed by atoms with Gasteiger partial charge in [0.1, 0.15) is 29.7 Å². The highest BCUT2D eigenvalue weighted by Crippen LogP contribution is 2.26. The number of methoxy groups -OCH3 is 2. The maximum atomic E-state index is 12.1. The summed E-state index contributed by atoms with van der Waals surface area (Å²) < 4.78 is 15.6. The van der Waals surface area contributed by atoms with Gasteiger partial charge in [0.2, 0.25) is 0 Å². The Bertz CT molecular complexity index is 776. The first-order valence-electron chi connectivity index (χ1n) is 7.22. The van der Waals surface area contributed by atoms with E-state index in [1.54, 1.807) is 25.3 Å². The van der Waals surface area contributed by atoms with Gasteiger partial charge in [-0.25, -0.2) is 4.79 Å². The molecule has 0 aliphatic carbocycles. The van der Waals surface area contributed by atoms with Crippen LogP contribution in [0.5, 0.6) is 11.5 Å². The molecular formula is C19H17NO4. The molecule has 2 aromatic carbocycles. The van der Waals surface area contributed by atoms with Crippen molar-refractivity contribution >= 4 is 12.0 Å². The third-order valence-electron chi connectivity index (χ3n) is 3.29. The molecule has 0 radical (unpaired) electrons. The highest BCUT2D eigenvalue weighted by Gasteiger charge is 2.13. The van der Waals surface area contributed by atoms with Crippen molar-refractivity contribution in [3.8, 4) is 17.6 Å². The summed E-state index contributed by atoms with van der Waals surface area (Å²) in [5.74, 6) is 0.436. The van der Waals surface area contributed by atoms with Crippen LogP contribution >= 0.6 is 0 Å². The first kappa shape index (κ1) is 17.1. The second kappa shape index (κ2) is 8.39. The molecule has 0 aliphatic heterocycles. The highest BCUT2D eigenvalue weighted by molar-refractivity contribution is 5.98. The van der Waals surface area contributed by atoms with Gasteiger partial charge in [0.05, 0.1) is 14.2 Å². The highest BCUT2D eigenvalue weighted by atomic mass is 16.5. The Balaban J connectivity index is 2.16. The van der Waals surface area contributed by atoms with E-state index in [1.165, 1.54) is 13.2 Å². The molecule has 0 aromatic heterocycles. The van der Waals surface area contributed by atoms with Crippen LogP contribution in [-0.2, 0) is 16.1 Å². The lowest BCUT2D eigenvalue weighted by Crippen LogP contribution is -2.07. The molecule has 0 atom stereocenters. The van der Waals surface area contributed by atoms with E-state index in [9.17, 15) is 10.1 Å². The molecule has 0 aliphatic rings. The Hall–Kier alpha value is -3.26. The van der Waals surface area contributed by atoms with E-state index >= 15 is 0 Å². The zero-order chi connectivity index (χ0) is 17.4. The van der Waals surface area contributed by atoms with E-state index in [2.05, 4.69) is 0 Å². The van der Waals surface area contributed by atoms with Crippen molar-refractivity contribution < 1.29 is 19.0 Å². The molecule has 0 fully saturated rings. The van der Waals surface area contributed by atoms with Crippen molar-refractivity contribution in [2.75, 3.05) is 14.2 Å². The lowest BCUT2D eigenvalue weighted by Gasteiger charge is -2.08. The fraction of sp³-hybridized carbons (Fsp3) is 0.158. The van der Waals surface area contributed by atoms with Crippen molar-refractivity contribution in [1.82, 2.24) is 0 Å². The van der Waals surface area contributed by atoms with Crippen LogP contribution < -0.4 is 9.47 Å². The Morgan fingerprint density at radius 3 is 2.50 bits per heavy atom. The smallest absolute Gasteiger partial charge is 0.349 e. The lowest BCUT2D eigenvalue weighted by atomic mass is 10.1. The summed E-state index contributed by atoms with van der Waals surface area (Å²) in [5, 5.41) is 9.23.